The molecule has 1 atom stereocenters. The van der Waals surface area contributed by atoms with Gasteiger partial charge in [-0.25, -0.2) is 8.42 Å². The fraction of sp³-hybridized carbons (Fsp3) is 0.455. The standard InChI is InChI=1S/C22H29N3O5S2/c1-31-15-11-20(22(27)23-16-18-6-5-14-30-18)24-21(26)17-9-12-25(13-10-17)32(28,29)19-7-3-2-4-8-19/h2-8,14,17,20H,9-13,15-16H2,1H3,(H,23,27)(H,24,26)/t20-/m1/s1. The van der Waals surface area contributed by atoms with Crippen molar-refractivity contribution in [3.63, 3.8) is 0 Å². The second-order valence-electron chi connectivity index (χ2n) is 7.63. The van der Waals surface area contributed by atoms with E-state index in [0.717, 1.165) is 5.75 Å². The van der Waals surface area contributed by atoms with Crippen molar-refractivity contribution >= 4 is 33.6 Å². The predicted octanol–water partition coefficient (Wildman–Crippen LogP) is 2.23. The highest BCUT2D eigenvalue weighted by Gasteiger charge is 2.33. The van der Waals surface area contributed by atoms with Crippen LogP contribution in [-0.2, 0) is 26.2 Å². The SMILES string of the molecule is CSCC[C@@H](NC(=O)C1CCN(S(=O)(=O)c2ccccc2)CC1)C(=O)NCc1ccco1. The minimum Gasteiger partial charge on any atom is -0.467 e. The second-order valence-corrected chi connectivity index (χ2v) is 10.6. The molecule has 2 aromatic rings. The number of amides is 2. The number of furan rings is 1. The molecule has 0 unspecified atom stereocenters. The average molecular weight is 480 g/mol. The fourth-order valence-corrected chi connectivity index (χ4v) is 5.57. The Hall–Kier alpha value is -2.30. The smallest absolute Gasteiger partial charge is 0.243 e. The third kappa shape index (κ3) is 6.36. The maximum atomic E-state index is 12.9. The molecule has 2 N–H and O–H groups in total. The van der Waals surface area contributed by atoms with Gasteiger partial charge in [0.15, 0.2) is 0 Å². The summed E-state index contributed by atoms with van der Waals surface area (Å²) in [6, 6.07) is 11.2. The number of nitrogens with one attached hydrogen (secondary N) is 2. The molecule has 0 bridgehead atoms. The molecule has 1 aromatic carbocycles. The minimum atomic E-state index is -3.56. The molecule has 3 rings (SSSR count). The van der Waals surface area contributed by atoms with Crippen molar-refractivity contribution in [3.05, 3.63) is 54.5 Å². The van der Waals surface area contributed by atoms with Crippen molar-refractivity contribution in [1.29, 1.82) is 0 Å². The molecule has 0 spiro atoms. The van der Waals surface area contributed by atoms with E-state index < -0.39 is 16.1 Å². The Morgan fingerprint density at radius 3 is 2.50 bits per heavy atom. The highest BCUT2D eigenvalue weighted by molar-refractivity contribution is 7.98. The monoisotopic (exact) mass is 479 g/mol. The first-order valence-electron chi connectivity index (χ1n) is 10.6. The van der Waals surface area contributed by atoms with Crippen LogP contribution in [0.4, 0.5) is 0 Å². The number of hydrogen-bond acceptors (Lipinski definition) is 6. The van der Waals surface area contributed by atoms with Crippen LogP contribution in [0, 0.1) is 5.92 Å². The fourth-order valence-electron chi connectivity index (χ4n) is 3.60. The molecule has 0 radical (unpaired) electrons. The molecule has 0 saturated carbocycles. The number of nitrogens with zero attached hydrogens (tertiary/aromatic N) is 1. The van der Waals surface area contributed by atoms with Crippen LogP contribution >= 0.6 is 11.8 Å². The first-order chi connectivity index (χ1) is 15.4. The molecular formula is C22H29N3O5S2. The summed E-state index contributed by atoms with van der Waals surface area (Å²) in [6.45, 7) is 0.804. The van der Waals surface area contributed by atoms with Crippen molar-refractivity contribution in [1.82, 2.24) is 14.9 Å². The summed E-state index contributed by atoms with van der Waals surface area (Å²) >= 11 is 1.60. The molecule has 0 aliphatic carbocycles. The van der Waals surface area contributed by atoms with Gasteiger partial charge in [-0.2, -0.15) is 16.1 Å². The van der Waals surface area contributed by atoms with Gasteiger partial charge in [0.2, 0.25) is 21.8 Å². The van der Waals surface area contributed by atoms with Crippen LogP contribution in [0.3, 0.4) is 0 Å². The van der Waals surface area contributed by atoms with Gasteiger partial charge in [0.05, 0.1) is 17.7 Å². The lowest BCUT2D eigenvalue weighted by Crippen LogP contribution is -2.50. The molecule has 10 heteroatoms. The van der Waals surface area contributed by atoms with Gasteiger partial charge in [0.25, 0.3) is 0 Å². The molecule has 1 saturated heterocycles. The van der Waals surface area contributed by atoms with Crippen LogP contribution in [0.15, 0.2) is 58.0 Å². The van der Waals surface area contributed by atoms with E-state index in [1.165, 1.54) is 4.31 Å². The van der Waals surface area contributed by atoms with Gasteiger partial charge in [0, 0.05) is 19.0 Å². The Kier molecular flexibility index (Phi) is 8.77. The van der Waals surface area contributed by atoms with Crippen LogP contribution in [0.2, 0.25) is 0 Å². The zero-order chi connectivity index (χ0) is 23.0. The van der Waals surface area contributed by atoms with Gasteiger partial charge in [-0.15, -0.1) is 0 Å². The van der Waals surface area contributed by atoms with E-state index in [2.05, 4.69) is 10.6 Å². The van der Waals surface area contributed by atoms with Gasteiger partial charge >= 0.3 is 0 Å². The van der Waals surface area contributed by atoms with Gasteiger partial charge in [-0.05, 0) is 55.5 Å². The summed E-state index contributed by atoms with van der Waals surface area (Å²) in [5, 5.41) is 5.68. The van der Waals surface area contributed by atoms with E-state index in [1.54, 1.807) is 60.5 Å². The highest BCUT2D eigenvalue weighted by Crippen LogP contribution is 2.24. The molecule has 1 aromatic heterocycles. The summed E-state index contributed by atoms with van der Waals surface area (Å²) in [7, 11) is -3.56. The Morgan fingerprint density at radius 2 is 1.88 bits per heavy atom. The number of carbonyl (C=O) groups is 2. The lowest BCUT2D eigenvalue weighted by Gasteiger charge is -2.31. The number of carbonyl (C=O) groups excluding carboxylic acids is 2. The maximum absolute atomic E-state index is 12.9. The number of thioether (sulfide) groups is 1. The van der Waals surface area contributed by atoms with Crippen LogP contribution in [0.1, 0.15) is 25.0 Å². The first kappa shape index (κ1) is 24.3. The Morgan fingerprint density at radius 1 is 1.16 bits per heavy atom. The van der Waals surface area contributed by atoms with Gasteiger partial charge in [-0.1, -0.05) is 18.2 Å². The van der Waals surface area contributed by atoms with E-state index in [0.29, 0.717) is 25.0 Å². The molecular weight excluding hydrogens is 450 g/mol. The molecule has 32 heavy (non-hydrogen) atoms. The quantitative estimate of drug-likeness (QED) is 0.541. The van der Waals surface area contributed by atoms with Crippen LogP contribution in [-0.4, -0.2) is 55.7 Å². The summed E-state index contributed by atoms with van der Waals surface area (Å²) in [4.78, 5) is 25.7. The Balaban J connectivity index is 1.54. The molecule has 2 heterocycles. The number of rotatable bonds is 10. The minimum absolute atomic E-state index is 0.207. The van der Waals surface area contributed by atoms with Gasteiger partial charge < -0.3 is 15.1 Å². The average Bonchev–Trinajstić information content (AvgIpc) is 3.34. The summed E-state index contributed by atoms with van der Waals surface area (Å²) in [5.41, 5.74) is 0. The van der Waals surface area contributed by atoms with Crippen molar-refractivity contribution in [3.8, 4) is 0 Å². The summed E-state index contributed by atoms with van der Waals surface area (Å²) < 4.78 is 32.2. The topological polar surface area (TPSA) is 109 Å². The number of hydrogen-bond donors (Lipinski definition) is 2. The summed E-state index contributed by atoms with van der Waals surface area (Å²) in [5.74, 6) is 0.577. The molecule has 2 amide bonds. The van der Waals surface area contributed by atoms with Gasteiger partial charge in [0.1, 0.15) is 11.8 Å². The van der Waals surface area contributed by atoms with E-state index in [9.17, 15) is 18.0 Å². The Bertz CT molecular complexity index is 972. The lowest BCUT2D eigenvalue weighted by molar-refractivity contribution is -0.132. The Labute approximate surface area is 193 Å². The molecule has 8 nitrogen and oxygen atoms in total. The second kappa shape index (κ2) is 11.5. The molecule has 174 valence electrons. The van der Waals surface area contributed by atoms with Gasteiger partial charge in [-0.3, -0.25) is 9.59 Å². The van der Waals surface area contributed by atoms with Crippen LogP contribution < -0.4 is 10.6 Å². The van der Waals surface area contributed by atoms with E-state index in [1.807, 2.05) is 6.26 Å². The highest BCUT2D eigenvalue weighted by atomic mass is 32.2. The zero-order valence-electron chi connectivity index (χ0n) is 18.0. The summed E-state index contributed by atoms with van der Waals surface area (Å²) in [6.07, 6.45) is 4.84. The van der Waals surface area contributed by atoms with E-state index in [4.69, 9.17) is 4.42 Å². The normalized spacial score (nSPS) is 16.4. The third-order valence-corrected chi connectivity index (χ3v) is 8.02. The van der Waals surface area contributed by atoms with Crippen molar-refractivity contribution in [2.75, 3.05) is 25.1 Å². The maximum Gasteiger partial charge on any atom is 0.243 e. The first-order valence-corrected chi connectivity index (χ1v) is 13.4. The van der Waals surface area contributed by atoms with E-state index >= 15 is 0 Å². The third-order valence-electron chi connectivity index (χ3n) is 5.47. The number of benzene rings is 1. The number of sulfonamides is 1. The van der Waals surface area contributed by atoms with Crippen LogP contribution in [0.5, 0.6) is 0 Å². The zero-order valence-corrected chi connectivity index (χ0v) is 19.7. The van der Waals surface area contributed by atoms with Crippen molar-refractivity contribution in [2.24, 2.45) is 5.92 Å². The largest absolute Gasteiger partial charge is 0.467 e. The molecule has 1 fully saturated rings. The molecule has 1 aliphatic heterocycles. The lowest BCUT2D eigenvalue weighted by atomic mass is 9.96. The van der Waals surface area contributed by atoms with Crippen LogP contribution in [0.25, 0.3) is 0 Å². The van der Waals surface area contributed by atoms with Crippen molar-refractivity contribution in [2.45, 2.75) is 36.7 Å². The number of piperidine rings is 1. The van der Waals surface area contributed by atoms with Crippen molar-refractivity contribution < 1.29 is 22.4 Å². The predicted molar refractivity (Wildman–Crippen MR) is 123 cm³/mol. The van der Waals surface area contributed by atoms with E-state index in [-0.39, 0.29) is 42.3 Å². The molecule has 1 aliphatic rings.